The zero-order chi connectivity index (χ0) is 18.9. The van der Waals surface area contributed by atoms with E-state index in [0.717, 1.165) is 22.3 Å². The molecule has 3 rings (SSSR count). The van der Waals surface area contributed by atoms with Crippen molar-refractivity contribution < 1.29 is 13.9 Å². The Hall–Kier alpha value is -1.84. The first-order valence-electron chi connectivity index (χ1n) is 7.99. The molecule has 4 N–H and O–H groups in total. The molecule has 0 unspecified atom stereocenters. The molecule has 0 bridgehead atoms. The minimum atomic E-state index is -0.886. The van der Waals surface area contributed by atoms with E-state index in [2.05, 4.69) is 10.3 Å². The summed E-state index contributed by atoms with van der Waals surface area (Å²) >= 11 is 2.76. The smallest absolute Gasteiger partial charge is 0.180 e. The van der Waals surface area contributed by atoms with Crippen molar-refractivity contribution in [3.63, 3.8) is 0 Å². The number of rotatable bonds is 6. The van der Waals surface area contributed by atoms with Crippen LogP contribution in [0.1, 0.15) is 30.0 Å². The van der Waals surface area contributed by atoms with Gasteiger partial charge in [0.15, 0.2) is 16.8 Å². The molecule has 140 valence electrons. The number of hydrogen-bond donors (Lipinski definition) is 3. The lowest BCUT2D eigenvalue weighted by Gasteiger charge is -2.27. The number of anilines is 1. The number of thiazole rings is 1. The largest absolute Gasteiger partial charge is 0.389 e. The summed E-state index contributed by atoms with van der Waals surface area (Å²) < 4.78 is 29.1. The highest BCUT2D eigenvalue weighted by Crippen LogP contribution is 2.35. The Kier molecular flexibility index (Phi) is 5.40. The molecule has 0 radical (unpaired) electrons. The summed E-state index contributed by atoms with van der Waals surface area (Å²) in [5, 5.41) is 13.6. The molecule has 5 nitrogen and oxygen atoms in total. The molecular formula is C17H20F2N4OS2. The van der Waals surface area contributed by atoms with E-state index in [9.17, 15) is 13.9 Å². The molecule has 1 aliphatic heterocycles. The minimum absolute atomic E-state index is 0.294. The molecule has 0 saturated heterocycles. The van der Waals surface area contributed by atoms with Gasteiger partial charge in [-0.15, -0.1) is 0 Å². The van der Waals surface area contributed by atoms with Crippen LogP contribution in [-0.4, -0.2) is 26.5 Å². The second-order valence-electron chi connectivity index (χ2n) is 6.59. The first kappa shape index (κ1) is 18.9. The fraction of sp³-hybridized carbons (Fsp3) is 0.353. The van der Waals surface area contributed by atoms with Gasteiger partial charge >= 0.3 is 0 Å². The number of nitrogens with zero attached hydrogens (tertiary/aromatic N) is 2. The summed E-state index contributed by atoms with van der Waals surface area (Å²) in [5.74, 6) is -1.37. The van der Waals surface area contributed by atoms with Gasteiger partial charge in [-0.05, 0) is 31.9 Å². The number of halogens is 2. The lowest BCUT2D eigenvalue weighted by Crippen LogP contribution is -2.35. The number of aliphatic hydroxyl groups is 1. The van der Waals surface area contributed by atoms with Crippen LogP contribution in [0.5, 0.6) is 0 Å². The standard InChI is InChI=1S/C17H20F2N4OS2/c1-17(2,24)9-21-12-6-23(7-13-15(12)22-16(20)26-13)25-8-10-4-3-5-11(18)14(10)19/h3-6,21,24H,7-9H2,1-2H3,(H2,20,22). The average Bonchev–Trinajstić information content (AvgIpc) is 2.93. The van der Waals surface area contributed by atoms with Crippen molar-refractivity contribution in [2.75, 3.05) is 12.3 Å². The number of benzene rings is 1. The number of nitrogens with two attached hydrogens (primary N) is 1. The molecule has 0 spiro atoms. The van der Waals surface area contributed by atoms with Gasteiger partial charge in [0.1, 0.15) is 5.69 Å². The van der Waals surface area contributed by atoms with Crippen molar-refractivity contribution in [2.24, 2.45) is 0 Å². The van der Waals surface area contributed by atoms with Gasteiger partial charge in [-0.3, -0.25) is 0 Å². The Bertz CT molecular complexity index is 833. The molecule has 2 heterocycles. The number of aromatic nitrogens is 1. The van der Waals surface area contributed by atoms with Crippen LogP contribution in [0, 0.1) is 11.6 Å². The van der Waals surface area contributed by atoms with Crippen molar-refractivity contribution in [3.8, 4) is 0 Å². The Morgan fingerprint density at radius 3 is 2.92 bits per heavy atom. The topological polar surface area (TPSA) is 74.4 Å². The minimum Gasteiger partial charge on any atom is -0.389 e. The molecule has 0 atom stereocenters. The molecule has 1 aromatic carbocycles. The fourth-order valence-corrected chi connectivity index (χ4v) is 4.27. The Balaban J connectivity index is 1.76. The van der Waals surface area contributed by atoms with Crippen molar-refractivity contribution in [1.29, 1.82) is 0 Å². The summed E-state index contributed by atoms with van der Waals surface area (Å²) in [6, 6.07) is 4.18. The van der Waals surface area contributed by atoms with Gasteiger partial charge in [0.05, 0.1) is 22.7 Å². The van der Waals surface area contributed by atoms with Crippen LogP contribution in [-0.2, 0) is 12.3 Å². The molecule has 0 amide bonds. The molecule has 26 heavy (non-hydrogen) atoms. The van der Waals surface area contributed by atoms with Crippen LogP contribution < -0.4 is 11.1 Å². The molecule has 0 aliphatic carbocycles. The average molecular weight is 399 g/mol. The maximum absolute atomic E-state index is 13.8. The maximum Gasteiger partial charge on any atom is 0.180 e. The predicted molar refractivity (Wildman–Crippen MR) is 102 cm³/mol. The van der Waals surface area contributed by atoms with E-state index >= 15 is 0 Å². The van der Waals surface area contributed by atoms with Crippen molar-refractivity contribution in [1.82, 2.24) is 14.6 Å². The molecule has 2 aromatic rings. The Morgan fingerprint density at radius 1 is 1.42 bits per heavy atom. The molecule has 0 saturated carbocycles. The molecule has 1 aliphatic rings. The monoisotopic (exact) mass is 398 g/mol. The van der Waals surface area contributed by atoms with Crippen LogP contribution in [0.15, 0.2) is 24.4 Å². The summed E-state index contributed by atoms with van der Waals surface area (Å²) in [7, 11) is 0. The van der Waals surface area contributed by atoms with Crippen LogP contribution in [0.3, 0.4) is 0 Å². The quantitative estimate of drug-likeness (QED) is 0.648. The zero-order valence-electron chi connectivity index (χ0n) is 14.4. The molecular weight excluding hydrogens is 378 g/mol. The predicted octanol–water partition coefficient (Wildman–Crippen LogP) is 3.33. The third-order valence-electron chi connectivity index (χ3n) is 3.67. The number of nitrogens with one attached hydrogen (secondary N) is 1. The normalized spacial score (nSPS) is 14.2. The van der Waals surface area contributed by atoms with Gasteiger partial charge in [0.2, 0.25) is 0 Å². The molecule has 9 heteroatoms. The van der Waals surface area contributed by atoms with Crippen LogP contribution in [0.25, 0.3) is 5.70 Å². The lowest BCUT2D eigenvalue weighted by atomic mass is 10.1. The van der Waals surface area contributed by atoms with Gasteiger partial charge in [0, 0.05) is 24.1 Å². The second kappa shape index (κ2) is 7.42. The highest BCUT2D eigenvalue weighted by molar-refractivity contribution is 7.96. The van der Waals surface area contributed by atoms with Gasteiger partial charge in [-0.2, -0.15) is 0 Å². The van der Waals surface area contributed by atoms with E-state index in [1.165, 1.54) is 29.4 Å². The number of fused-ring (bicyclic) bond motifs is 1. The van der Waals surface area contributed by atoms with Crippen LogP contribution in [0.2, 0.25) is 0 Å². The van der Waals surface area contributed by atoms with E-state index in [1.807, 2.05) is 10.5 Å². The van der Waals surface area contributed by atoms with Crippen molar-refractivity contribution in [3.05, 3.63) is 52.2 Å². The third-order valence-corrected chi connectivity index (χ3v) is 5.55. The number of nitrogen functional groups attached to an aromatic ring is 1. The SMILES string of the molecule is CC(C)(O)CNC1=CN(SCc2cccc(F)c2F)Cc2sc(N)nc21. The molecule has 0 fully saturated rings. The molecule has 1 aromatic heterocycles. The van der Waals surface area contributed by atoms with Gasteiger partial charge in [-0.1, -0.05) is 23.5 Å². The van der Waals surface area contributed by atoms with E-state index < -0.39 is 17.2 Å². The second-order valence-corrected chi connectivity index (χ2v) is 8.73. The van der Waals surface area contributed by atoms with E-state index in [-0.39, 0.29) is 0 Å². The highest BCUT2D eigenvalue weighted by atomic mass is 32.2. The maximum atomic E-state index is 13.8. The summed E-state index contributed by atoms with van der Waals surface area (Å²) in [6.45, 7) is 4.32. The van der Waals surface area contributed by atoms with Crippen LogP contribution >= 0.6 is 23.3 Å². The third kappa shape index (κ3) is 4.46. The van der Waals surface area contributed by atoms with Crippen LogP contribution in [0.4, 0.5) is 13.9 Å². The van der Waals surface area contributed by atoms with E-state index in [1.54, 1.807) is 19.9 Å². The van der Waals surface area contributed by atoms with Gasteiger partial charge in [-0.25, -0.2) is 13.8 Å². The summed E-state index contributed by atoms with van der Waals surface area (Å²) in [6.07, 6.45) is 1.86. The first-order valence-corrected chi connectivity index (χ1v) is 9.75. The van der Waals surface area contributed by atoms with E-state index in [0.29, 0.717) is 29.5 Å². The summed E-state index contributed by atoms with van der Waals surface area (Å²) in [5.41, 5.74) is 6.77. The first-order chi connectivity index (χ1) is 12.2. The van der Waals surface area contributed by atoms with Gasteiger partial charge < -0.3 is 20.5 Å². The van der Waals surface area contributed by atoms with Crippen molar-refractivity contribution in [2.45, 2.75) is 31.7 Å². The van der Waals surface area contributed by atoms with Crippen molar-refractivity contribution >= 4 is 34.1 Å². The lowest BCUT2D eigenvalue weighted by molar-refractivity contribution is 0.0842. The zero-order valence-corrected chi connectivity index (χ0v) is 16.1. The fourth-order valence-electron chi connectivity index (χ4n) is 2.42. The Morgan fingerprint density at radius 2 is 2.19 bits per heavy atom. The highest BCUT2D eigenvalue weighted by Gasteiger charge is 2.24. The van der Waals surface area contributed by atoms with E-state index in [4.69, 9.17) is 5.73 Å². The van der Waals surface area contributed by atoms with Gasteiger partial charge in [0.25, 0.3) is 0 Å². The number of hydrogen-bond acceptors (Lipinski definition) is 7. The summed E-state index contributed by atoms with van der Waals surface area (Å²) in [4.78, 5) is 5.33. The Labute approximate surface area is 159 Å².